The molecule has 0 heteroatoms. The van der Waals surface area contributed by atoms with E-state index in [2.05, 4.69) is 79.2 Å². The quantitative estimate of drug-likeness (QED) is 0.617. The minimum absolute atomic E-state index is 1.02. The number of hydrogen-bond acceptors (Lipinski definition) is 0. The zero-order valence-electron chi connectivity index (χ0n) is 10.9. The Kier molecular flexibility index (Phi) is 3.60. The molecule has 1 radical (unpaired) electrons. The van der Waals surface area contributed by atoms with Crippen molar-refractivity contribution >= 4 is 10.8 Å². The van der Waals surface area contributed by atoms with E-state index in [-0.39, 0.29) is 0 Å². The van der Waals surface area contributed by atoms with Crippen molar-refractivity contribution in [2.24, 2.45) is 0 Å². The van der Waals surface area contributed by atoms with E-state index in [1.165, 1.54) is 21.9 Å². The van der Waals surface area contributed by atoms with Crippen molar-refractivity contribution in [2.75, 3.05) is 0 Å². The summed E-state index contributed by atoms with van der Waals surface area (Å²) in [4.78, 5) is 0. The van der Waals surface area contributed by atoms with Crippen molar-refractivity contribution in [3.8, 4) is 0 Å². The highest BCUT2D eigenvalue weighted by atomic mass is 14.0. The Morgan fingerprint density at radius 1 is 0.632 bits per heavy atom. The van der Waals surface area contributed by atoms with Crippen LogP contribution in [-0.4, -0.2) is 0 Å². The average Bonchev–Trinajstić information content (AvgIpc) is 2.49. The third-order valence-corrected chi connectivity index (χ3v) is 3.47. The van der Waals surface area contributed by atoms with Gasteiger partial charge in [0.05, 0.1) is 0 Å². The molecule has 3 aromatic rings. The molecule has 0 atom stereocenters. The Morgan fingerprint density at radius 3 is 2.26 bits per heavy atom. The van der Waals surface area contributed by atoms with Gasteiger partial charge in [-0.3, -0.25) is 0 Å². The molecule has 19 heavy (non-hydrogen) atoms. The predicted octanol–water partition coefficient (Wildman–Crippen LogP) is 4.83. The van der Waals surface area contributed by atoms with Gasteiger partial charge in [0.2, 0.25) is 0 Å². The average molecular weight is 245 g/mol. The van der Waals surface area contributed by atoms with E-state index < -0.39 is 0 Å². The molecule has 0 fully saturated rings. The van der Waals surface area contributed by atoms with Crippen molar-refractivity contribution in [3.05, 3.63) is 90.3 Å². The monoisotopic (exact) mass is 245 g/mol. The third kappa shape index (κ3) is 2.85. The summed E-state index contributed by atoms with van der Waals surface area (Å²) in [6, 6.07) is 25.8. The minimum atomic E-state index is 1.02. The summed E-state index contributed by atoms with van der Waals surface area (Å²) >= 11 is 0. The molecule has 0 saturated heterocycles. The first-order chi connectivity index (χ1) is 9.43. The van der Waals surface area contributed by atoms with Crippen LogP contribution in [0, 0.1) is 6.42 Å². The van der Waals surface area contributed by atoms with E-state index in [9.17, 15) is 0 Å². The second-order valence-electron chi connectivity index (χ2n) is 4.82. The second-order valence-corrected chi connectivity index (χ2v) is 4.82. The molecule has 0 heterocycles. The van der Waals surface area contributed by atoms with Gasteiger partial charge in [-0.2, -0.15) is 0 Å². The van der Waals surface area contributed by atoms with E-state index in [0.29, 0.717) is 0 Å². The highest BCUT2D eigenvalue weighted by Gasteiger charge is 2.00. The first-order valence-electron chi connectivity index (χ1n) is 6.76. The topological polar surface area (TPSA) is 0 Å². The zero-order chi connectivity index (χ0) is 12.9. The van der Waals surface area contributed by atoms with E-state index in [1.54, 1.807) is 0 Å². The Balaban J connectivity index is 1.72. The van der Waals surface area contributed by atoms with Gasteiger partial charge >= 0.3 is 0 Å². The summed E-state index contributed by atoms with van der Waals surface area (Å²) in [5.41, 5.74) is 2.79. The molecule has 0 N–H and O–H groups in total. The molecule has 0 saturated carbocycles. The Morgan fingerprint density at radius 2 is 1.37 bits per heavy atom. The lowest BCUT2D eigenvalue weighted by molar-refractivity contribution is 1.04. The highest BCUT2D eigenvalue weighted by Crippen LogP contribution is 2.20. The van der Waals surface area contributed by atoms with Crippen LogP contribution in [0.4, 0.5) is 0 Å². The molecule has 0 bridgehead atoms. The van der Waals surface area contributed by atoms with Crippen LogP contribution in [0.2, 0.25) is 0 Å². The maximum Gasteiger partial charge on any atom is -0.0152 e. The molecule has 0 aliphatic rings. The normalized spacial score (nSPS) is 10.7. The molecule has 93 valence electrons. The zero-order valence-corrected chi connectivity index (χ0v) is 10.9. The summed E-state index contributed by atoms with van der Waals surface area (Å²) in [6.45, 7) is 0. The molecule has 0 nitrogen and oxygen atoms in total. The van der Waals surface area contributed by atoms with Gasteiger partial charge in [-0.15, -0.1) is 0 Å². The first-order valence-corrected chi connectivity index (χ1v) is 6.76. The van der Waals surface area contributed by atoms with E-state index in [1.807, 2.05) is 0 Å². The summed E-state index contributed by atoms with van der Waals surface area (Å²) in [5, 5.41) is 2.70. The summed E-state index contributed by atoms with van der Waals surface area (Å²) in [5.74, 6) is 0. The van der Waals surface area contributed by atoms with Gasteiger partial charge in [-0.25, -0.2) is 0 Å². The number of benzene rings is 3. The van der Waals surface area contributed by atoms with Gasteiger partial charge in [-0.05, 0) is 41.2 Å². The molecule has 0 aliphatic heterocycles. The smallest absolute Gasteiger partial charge is 0.0152 e. The van der Waals surface area contributed by atoms with Crippen LogP contribution in [0.3, 0.4) is 0 Å². The van der Waals surface area contributed by atoms with E-state index in [0.717, 1.165) is 12.8 Å². The van der Waals surface area contributed by atoms with E-state index in [4.69, 9.17) is 0 Å². The molecular formula is C19H17. The summed E-state index contributed by atoms with van der Waals surface area (Å²) < 4.78 is 0. The molecule has 0 aliphatic carbocycles. The van der Waals surface area contributed by atoms with Gasteiger partial charge in [0.25, 0.3) is 0 Å². The van der Waals surface area contributed by atoms with Crippen LogP contribution in [0.15, 0.2) is 72.8 Å². The summed E-state index contributed by atoms with van der Waals surface area (Å²) in [7, 11) is 0. The fourth-order valence-electron chi connectivity index (χ4n) is 2.48. The molecule has 3 aromatic carbocycles. The molecule has 3 rings (SSSR count). The molecule has 0 spiro atoms. The van der Waals surface area contributed by atoms with Crippen molar-refractivity contribution in [2.45, 2.75) is 12.8 Å². The molecule has 0 unspecified atom stereocenters. The Bertz CT molecular complexity index is 648. The lowest BCUT2D eigenvalue weighted by Crippen LogP contribution is -1.92. The van der Waals surface area contributed by atoms with Crippen molar-refractivity contribution in [1.29, 1.82) is 0 Å². The molecule has 0 amide bonds. The Labute approximate surface area is 114 Å². The van der Waals surface area contributed by atoms with Crippen LogP contribution >= 0.6 is 0 Å². The van der Waals surface area contributed by atoms with Crippen molar-refractivity contribution in [3.63, 3.8) is 0 Å². The second kappa shape index (κ2) is 5.71. The molecular weight excluding hydrogens is 228 g/mol. The minimum Gasteiger partial charge on any atom is -0.0622 e. The van der Waals surface area contributed by atoms with Gasteiger partial charge in [0.1, 0.15) is 0 Å². The fraction of sp³-hybridized carbons (Fsp3) is 0.105. The van der Waals surface area contributed by atoms with Gasteiger partial charge in [-0.1, -0.05) is 72.8 Å². The fourth-order valence-corrected chi connectivity index (χ4v) is 2.48. The van der Waals surface area contributed by atoms with Crippen LogP contribution in [0.25, 0.3) is 10.8 Å². The van der Waals surface area contributed by atoms with Crippen LogP contribution in [-0.2, 0) is 12.8 Å². The van der Waals surface area contributed by atoms with Crippen LogP contribution in [0.1, 0.15) is 11.1 Å². The lowest BCUT2D eigenvalue weighted by atomic mass is 9.99. The Hall–Kier alpha value is -2.08. The first kappa shape index (κ1) is 12.0. The van der Waals surface area contributed by atoms with Gasteiger partial charge < -0.3 is 0 Å². The standard InChI is InChI=1S/C19H17/c1-2-8-16(9-3-1)10-6-12-18-14-7-13-17-11-4-5-15-19(17)18/h1-9,11,13-15H,10,12H2. The predicted molar refractivity (Wildman–Crippen MR) is 82.1 cm³/mol. The number of fused-ring (bicyclic) bond motifs is 1. The largest absolute Gasteiger partial charge is 0.0622 e. The number of rotatable bonds is 4. The summed E-state index contributed by atoms with van der Waals surface area (Å²) in [6.07, 6.45) is 4.41. The SMILES string of the molecule is [CH](Cc1ccccc1)Cc1cccc2ccccc12. The maximum atomic E-state index is 2.36. The van der Waals surface area contributed by atoms with E-state index >= 15 is 0 Å². The van der Waals surface area contributed by atoms with Crippen molar-refractivity contribution < 1.29 is 0 Å². The highest BCUT2D eigenvalue weighted by molar-refractivity contribution is 5.85. The third-order valence-electron chi connectivity index (χ3n) is 3.47. The number of hydrogen-bond donors (Lipinski definition) is 0. The lowest BCUT2D eigenvalue weighted by Gasteiger charge is -2.06. The maximum absolute atomic E-state index is 2.36. The van der Waals surface area contributed by atoms with Crippen LogP contribution < -0.4 is 0 Å². The van der Waals surface area contributed by atoms with Crippen LogP contribution in [0.5, 0.6) is 0 Å². The van der Waals surface area contributed by atoms with Gasteiger partial charge in [0.15, 0.2) is 0 Å². The molecule has 0 aromatic heterocycles. The van der Waals surface area contributed by atoms with Crippen molar-refractivity contribution in [1.82, 2.24) is 0 Å². The van der Waals surface area contributed by atoms with Gasteiger partial charge in [0, 0.05) is 0 Å².